The Balaban J connectivity index is 1.98. The molecule has 1 aromatic carbocycles. The molecule has 3 N–H and O–H groups in total. The topological polar surface area (TPSA) is 98.3 Å². The van der Waals surface area contributed by atoms with Crippen molar-refractivity contribution in [2.75, 3.05) is 5.73 Å². The number of anilines is 1. The first-order valence-electron chi connectivity index (χ1n) is 5.29. The van der Waals surface area contributed by atoms with Crippen molar-refractivity contribution in [3.05, 3.63) is 46.9 Å². The lowest BCUT2D eigenvalue weighted by molar-refractivity contribution is 0.462. The molecule has 96 valence electrons. The minimum absolute atomic E-state index is 0.154. The summed E-state index contributed by atoms with van der Waals surface area (Å²) in [6.07, 6.45) is 1.27. The van der Waals surface area contributed by atoms with Gasteiger partial charge in [0.1, 0.15) is 12.1 Å². The molecule has 0 fully saturated rings. The van der Waals surface area contributed by atoms with Gasteiger partial charge < -0.3 is 10.5 Å². The number of rotatable bonds is 2. The third-order valence-electron chi connectivity index (χ3n) is 2.47. The summed E-state index contributed by atoms with van der Waals surface area (Å²) >= 11 is 0. The van der Waals surface area contributed by atoms with Crippen LogP contribution in [-0.4, -0.2) is 19.6 Å². The molecule has 8 heteroatoms. The Morgan fingerprint density at radius 1 is 1.37 bits per heavy atom. The maximum atomic E-state index is 12.9. The first-order chi connectivity index (χ1) is 9.13. The van der Waals surface area contributed by atoms with Gasteiger partial charge in [0.15, 0.2) is 11.4 Å². The fraction of sp³-hybridized carbons (Fsp3) is 0. The van der Waals surface area contributed by atoms with Crippen molar-refractivity contribution in [2.45, 2.75) is 0 Å². The number of aromatic amines is 1. The van der Waals surface area contributed by atoms with Crippen LogP contribution < -0.4 is 16.2 Å². The molecule has 0 saturated carbocycles. The molecule has 2 heterocycles. The SMILES string of the molecule is Nc1cc(F)ccc1Oc1cc2n[nH]c(=O)n2cn1. The van der Waals surface area contributed by atoms with Crippen LogP contribution in [0.25, 0.3) is 5.65 Å². The second-order valence-corrected chi connectivity index (χ2v) is 3.77. The van der Waals surface area contributed by atoms with E-state index in [1.807, 2.05) is 0 Å². The van der Waals surface area contributed by atoms with Crippen molar-refractivity contribution >= 4 is 11.3 Å². The zero-order valence-electron chi connectivity index (χ0n) is 9.50. The third kappa shape index (κ3) is 1.99. The van der Waals surface area contributed by atoms with E-state index < -0.39 is 11.5 Å². The van der Waals surface area contributed by atoms with Crippen LogP contribution in [0.1, 0.15) is 0 Å². The number of nitrogens with two attached hydrogens (primary N) is 1. The molecule has 0 aliphatic carbocycles. The number of aromatic nitrogens is 4. The summed E-state index contributed by atoms with van der Waals surface area (Å²) < 4.78 is 19.5. The number of fused-ring (bicyclic) bond motifs is 1. The molecular weight excluding hydrogens is 253 g/mol. The maximum Gasteiger partial charge on any atom is 0.348 e. The molecule has 0 aliphatic rings. The van der Waals surface area contributed by atoms with E-state index >= 15 is 0 Å². The smallest absolute Gasteiger partial charge is 0.348 e. The number of nitrogens with one attached hydrogen (secondary N) is 1. The van der Waals surface area contributed by atoms with Gasteiger partial charge in [0, 0.05) is 12.1 Å². The second-order valence-electron chi connectivity index (χ2n) is 3.77. The first kappa shape index (κ1) is 11.2. The Labute approximate surface area is 105 Å². The molecule has 3 aromatic rings. The number of benzene rings is 1. The van der Waals surface area contributed by atoms with E-state index in [1.54, 1.807) is 0 Å². The lowest BCUT2D eigenvalue weighted by Crippen LogP contribution is -2.09. The molecule has 0 unspecified atom stereocenters. The molecule has 3 rings (SSSR count). The zero-order chi connectivity index (χ0) is 13.4. The van der Waals surface area contributed by atoms with Gasteiger partial charge in [-0.3, -0.25) is 0 Å². The van der Waals surface area contributed by atoms with E-state index in [2.05, 4.69) is 15.2 Å². The largest absolute Gasteiger partial charge is 0.437 e. The Hall–Kier alpha value is -2.90. The number of nitrogen functional groups attached to an aromatic ring is 1. The van der Waals surface area contributed by atoms with Gasteiger partial charge in [-0.1, -0.05) is 0 Å². The average Bonchev–Trinajstić information content (AvgIpc) is 2.74. The monoisotopic (exact) mass is 261 g/mol. The van der Waals surface area contributed by atoms with Crippen molar-refractivity contribution in [3.63, 3.8) is 0 Å². The number of halogens is 1. The molecule has 0 bridgehead atoms. The number of hydrogen-bond donors (Lipinski definition) is 2. The number of H-pyrrole nitrogens is 1. The summed E-state index contributed by atoms with van der Waals surface area (Å²) in [5.74, 6) is 0.0213. The number of hydrogen-bond acceptors (Lipinski definition) is 5. The molecule has 0 spiro atoms. The highest BCUT2D eigenvalue weighted by atomic mass is 19.1. The quantitative estimate of drug-likeness (QED) is 0.669. The summed E-state index contributed by atoms with van der Waals surface area (Å²) in [5, 5.41) is 6.05. The van der Waals surface area contributed by atoms with E-state index in [4.69, 9.17) is 10.5 Å². The van der Waals surface area contributed by atoms with Crippen molar-refractivity contribution in [2.24, 2.45) is 0 Å². The molecule has 0 aliphatic heterocycles. The fourth-order valence-electron chi connectivity index (χ4n) is 1.57. The summed E-state index contributed by atoms with van der Waals surface area (Å²) in [4.78, 5) is 15.2. The number of nitrogens with zero attached hydrogens (tertiary/aromatic N) is 3. The molecule has 7 nitrogen and oxygen atoms in total. The van der Waals surface area contributed by atoms with Gasteiger partial charge in [-0.25, -0.2) is 23.7 Å². The predicted molar refractivity (Wildman–Crippen MR) is 64.5 cm³/mol. The van der Waals surface area contributed by atoms with Gasteiger partial charge in [0.25, 0.3) is 0 Å². The average molecular weight is 261 g/mol. The predicted octanol–water partition coefficient (Wildman–Crippen LogP) is 0.931. The Morgan fingerprint density at radius 3 is 3.00 bits per heavy atom. The molecular formula is C11H8FN5O2. The molecule has 2 aromatic heterocycles. The van der Waals surface area contributed by atoms with Gasteiger partial charge in [-0.15, -0.1) is 0 Å². The normalized spacial score (nSPS) is 10.8. The van der Waals surface area contributed by atoms with Crippen LogP contribution in [-0.2, 0) is 0 Å². The minimum Gasteiger partial charge on any atom is -0.437 e. The summed E-state index contributed by atoms with van der Waals surface area (Å²) in [7, 11) is 0. The zero-order valence-corrected chi connectivity index (χ0v) is 9.50. The van der Waals surface area contributed by atoms with E-state index in [0.29, 0.717) is 5.65 Å². The van der Waals surface area contributed by atoms with Crippen LogP contribution in [0.2, 0.25) is 0 Å². The van der Waals surface area contributed by atoms with Crippen molar-refractivity contribution in [1.82, 2.24) is 19.6 Å². The van der Waals surface area contributed by atoms with Crippen LogP contribution in [0.3, 0.4) is 0 Å². The molecule has 0 radical (unpaired) electrons. The lowest BCUT2D eigenvalue weighted by atomic mass is 10.3. The lowest BCUT2D eigenvalue weighted by Gasteiger charge is -2.07. The fourth-order valence-corrected chi connectivity index (χ4v) is 1.57. The van der Waals surface area contributed by atoms with Gasteiger partial charge >= 0.3 is 5.69 Å². The van der Waals surface area contributed by atoms with Crippen molar-refractivity contribution in [1.29, 1.82) is 0 Å². The molecule has 0 atom stereocenters. The van der Waals surface area contributed by atoms with Crippen LogP contribution in [0.15, 0.2) is 35.4 Å². The van der Waals surface area contributed by atoms with Crippen LogP contribution in [0.5, 0.6) is 11.6 Å². The number of ether oxygens (including phenoxy) is 1. The van der Waals surface area contributed by atoms with Crippen LogP contribution >= 0.6 is 0 Å². The third-order valence-corrected chi connectivity index (χ3v) is 2.47. The van der Waals surface area contributed by atoms with Crippen molar-refractivity contribution < 1.29 is 9.13 Å². The van der Waals surface area contributed by atoms with E-state index in [-0.39, 0.29) is 17.3 Å². The van der Waals surface area contributed by atoms with E-state index in [1.165, 1.54) is 28.9 Å². The highest BCUT2D eigenvalue weighted by Crippen LogP contribution is 2.26. The first-order valence-corrected chi connectivity index (χ1v) is 5.29. The Morgan fingerprint density at radius 2 is 2.21 bits per heavy atom. The molecule has 0 saturated heterocycles. The highest BCUT2D eigenvalue weighted by Gasteiger charge is 2.07. The summed E-state index contributed by atoms with van der Waals surface area (Å²) in [6.45, 7) is 0. The van der Waals surface area contributed by atoms with Gasteiger partial charge in [0.05, 0.1) is 5.69 Å². The second kappa shape index (κ2) is 4.09. The molecule has 0 amide bonds. The van der Waals surface area contributed by atoms with Crippen LogP contribution in [0, 0.1) is 5.82 Å². The standard InChI is InChI=1S/C11H8FN5O2/c12-6-1-2-8(7(13)3-6)19-10-4-9-15-16-11(18)17(9)5-14-10/h1-5H,13H2,(H,16,18). The van der Waals surface area contributed by atoms with Gasteiger partial charge in [-0.2, -0.15) is 5.10 Å². The van der Waals surface area contributed by atoms with E-state index in [9.17, 15) is 9.18 Å². The minimum atomic E-state index is -0.452. The van der Waals surface area contributed by atoms with Gasteiger partial charge in [0.2, 0.25) is 5.88 Å². The van der Waals surface area contributed by atoms with Crippen LogP contribution in [0.4, 0.5) is 10.1 Å². The summed E-state index contributed by atoms with van der Waals surface area (Å²) in [6, 6.07) is 5.23. The van der Waals surface area contributed by atoms with Crippen molar-refractivity contribution in [3.8, 4) is 11.6 Å². The van der Waals surface area contributed by atoms with E-state index in [0.717, 1.165) is 6.07 Å². The summed E-state index contributed by atoms with van der Waals surface area (Å²) in [5.41, 5.74) is 5.73. The maximum absolute atomic E-state index is 12.9. The van der Waals surface area contributed by atoms with Gasteiger partial charge in [-0.05, 0) is 12.1 Å². The molecule has 19 heavy (non-hydrogen) atoms. The Bertz CT molecular complexity index is 810. The Kier molecular flexibility index (Phi) is 2.41. The highest BCUT2D eigenvalue weighted by molar-refractivity contribution is 5.54.